The van der Waals surface area contributed by atoms with Crippen LogP contribution in [0.2, 0.25) is 0 Å². The molecule has 6 atom stereocenters. The normalized spacial score (nSPS) is 37.0. The van der Waals surface area contributed by atoms with Crippen molar-refractivity contribution in [3.05, 3.63) is 0 Å². The van der Waals surface area contributed by atoms with E-state index in [1.807, 2.05) is 6.92 Å². The van der Waals surface area contributed by atoms with Crippen molar-refractivity contribution in [1.29, 1.82) is 0 Å². The molecular formula is C20H26O8. The van der Waals surface area contributed by atoms with Crippen molar-refractivity contribution in [2.45, 2.75) is 58.7 Å². The Bertz CT molecular complexity index is 728. The second kappa shape index (κ2) is 6.46. The summed E-state index contributed by atoms with van der Waals surface area (Å²) in [6.45, 7) is 4.19. The molecule has 0 aromatic rings. The first-order valence-corrected chi connectivity index (χ1v) is 9.92. The van der Waals surface area contributed by atoms with Crippen LogP contribution in [0, 0.1) is 28.6 Å². The summed E-state index contributed by atoms with van der Waals surface area (Å²) in [5.41, 5.74) is -0.819. The smallest absolute Gasteiger partial charge is 0.344 e. The van der Waals surface area contributed by atoms with Crippen LogP contribution in [0.25, 0.3) is 0 Å². The highest BCUT2D eigenvalue weighted by atomic mass is 16.6. The van der Waals surface area contributed by atoms with E-state index in [1.54, 1.807) is 13.8 Å². The number of fused-ring (bicyclic) bond motifs is 1. The molecule has 1 saturated heterocycles. The molecule has 8 heteroatoms. The number of hydrogen-bond acceptors (Lipinski definition) is 8. The number of hydrogen-bond donors (Lipinski definition) is 0. The number of carbonyl (C=O) groups is 4. The largest absolute Gasteiger partial charge is 0.458 e. The average molecular weight is 394 g/mol. The molecule has 4 fully saturated rings. The minimum Gasteiger partial charge on any atom is -0.458 e. The summed E-state index contributed by atoms with van der Waals surface area (Å²) in [6.07, 6.45) is 2.45. The SMILES string of the molecule is CCC(C)(C)C(=O)OCC(=O)OCC(=O)OC1C2CC3CC4C(=O)OC1C34C2. The zero-order valence-electron chi connectivity index (χ0n) is 16.4. The molecule has 4 aliphatic rings. The summed E-state index contributed by atoms with van der Waals surface area (Å²) in [5, 5.41) is 0. The molecule has 0 aromatic carbocycles. The van der Waals surface area contributed by atoms with Crippen molar-refractivity contribution >= 4 is 23.9 Å². The van der Waals surface area contributed by atoms with Gasteiger partial charge in [0.15, 0.2) is 13.2 Å². The van der Waals surface area contributed by atoms with Crippen LogP contribution in [0.1, 0.15) is 46.5 Å². The molecule has 154 valence electrons. The van der Waals surface area contributed by atoms with Crippen molar-refractivity contribution in [1.82, 2.24) is 0 Å². The molecule has 28 heavy (non-hydrogen) atoms. The van der Waals surface area contributed by atoms with Crippen LogP contribution in [-0.4, -0.2) is 49.3 Å². The predicted molar refractivity (Wildman–Crippen MR) is 92.5 cm³/mol. The maximum atomic E-state index is 12.1. The Morgan fingerprint density at radius 2 is 1.86 bits per heavy atom. The summed E-state index contributed by atoms with van der Waals surface area (Å²) in [4.78, 5) is 47.7. The third-order valence-corrected chi connectivity index (χ3v) is 7.33. The zero-order valence-corrected chi connectivity index (χ0v) is 16.4. The molecule has 8 nitrogen and oxygen atoms in total. The van der Waals surface area contributed by atoms with E-state index in [9.17, 15) is 19.2 Å². The van der Waals surface area contributed by atoms with E-state index >= 15 is 0 Å². The second-order valence-corrected chi connectivity index (χ2v) is 9.08. The van der Waals surface area contributed by atoms with Crippen LogP contribution in [-0.2, 0) is 38.1 Å². The minimum atomic E-state index is -0.810. The van der Waals surface area contributed by atoms with Crippen molar-refractivity contribution in [3.63, 3.8) is 0 Å². The monoisotopic (exact) mass is 394 g/mol. The highest BCUT2D eigenvalue weighted by Gasteiger charge is 2.78. The van der Waals surface area contributed by atoms with Gasteiger partial charge in [-0.25, -0.2) is 9.59 Å². The lowest BCUT2D eigenvalue weighted by Crippen LogP contribution is -2.53. The molecule has 0 aromatic heterocycles. The van der Waals surface area contributed by atoms with Gasteiger partial charge in [-0.3, -0.25) is 9.59 Å². The Morgan fingerprint density at radius 1 is 1.14 bits per heavy atom. The molecule has 0 N–H and O–H groups in total. The maximum absolute atomic E-state index is 12.1. The van der Waals surface area contributed by atoms with Gasteiger partial charge in [-0.1, -0.05) is 6.92 Å². The van der Waals surface area contributed by atoms with Gasteiger partial charge in [-0.15, -0.1) is 0 Å². The standard InChI is InChI=1S/C20H26O8/c1-4-19(2,3)18(24)26-8-13(21)25-9-14(22)27-15-10-5-11-6-12-17(23)28-16(15)20(11,12)7-10/h10-12,15-16H,4-9H2,1-3H3. The fourth-order valence-corrected chi connectivity index (χ4v) is 5.41. The van der Waals surface area contributed by atoms with Gasteiger partial charge in [0.2, 0.25) is 0 Å². The van der Waals surface area contributed by atoms with Gasteiger partial charge < -0.3 is 18.9 Å². The lowest BCUT2D eigenvalue weighted by molar-refractivity contribution is -0.177. The quantitative estimate of drug-likeness (QED) is 0.471. The Balaban J connectivity index is 1.23. The third-order valence-electron chi connectivity index (χ3n) is 7.33. The Morgan fingerprint density at radius 3 is 2.57 bits per heavy atom. The van der Waals surface area contributed by atoms with E-state index in [4.69, 9.17) is 18.9 Å². The molecular weight excluding hydrogens is 368 g/mol. The molecule has 1 spiro atoms. The number of rotatable bonds is 7. The van der Waals surface area contributed by atoms with Gasteiger partial charge >= 0.3 is 23.9 Å². The van der Waals surface area contributed by atoms with Crippen LogP contribution in [0.4, 0.5) is 0 Å². The van der Waals surface area contributed by atoms with E-state index < -0.39 is 42.6 Å². The fourth-order valence-electron chi connectivity index (χ4n) is 5.41. The molecule has 1 heterocycles. The van der Waals surface area contributed by atoms with Crippen LogP contribution >= 0.6 is 0 Å². The molecule has 3 saturated carbocycles. The van der Waals surface area contributed by atoms with Gasteiger partial charge in [-0.05, 0) is 45.4 Å². The maximum Gasteiger partial charge on any atom is 0.344 e. The molecule has 1 aliphatic heterocycles. The minimum absolute atomic E-state index is 0.0453. The fraction of sp³-hybridized carbons (Fsp3) is 0.800. The van der Waals surface area contributed by atoms with Gasteiger partial charge in [0.1, 0.15) is 12.2 Å². The average Bonchev–Trinajstić information content (AvgIpc) is 3.20. The lowest BCUT2D eigenvalue weighted by atomic mass is 9.53. The first kappa shape index (κ1) is 19.2. The summed E-state index contributed by atoms with van der Waals surface area (Å²) in [7, 11) is 0. The third kappa shape index (κ3) is 2.71. The number of esters is 4. The summed E-state index contributed by atoms with van der Waals surface area (Å²) in [6, 6.07) is 0. The summed E-state index contributed by atoms with van der Waals surface area (Å²) in [5.74, 6) is -1.52. The molecule has 3 aliphatic carbocycles. The highest BCUT2D eigenvalue weighted by molar-refractivity contribution is 5.82. The highest BCUT2D eigenvalue weighted by Crippen LogP contribution is 2.74. The van der Waals surface area contributed by atoms with Crippen molar-refractivity contribution in [2.75, 3.05) is 13.2 Å². The van der Waals surface area contributed by atoms with Gasteiger partial charge in [0.05, 0.1) is 11.3 Å². The van der Waals surface area contributed by atoms with E-state index in [2.05, 4.69) is 0 Å². The first-order valence-electron chi connectivity index (χ1n) is 9.92. The van der Waals surface area contributed by atoms with Gasteiger partial charge in [0, 0.05) is 11.3 Å². The predicted octanol–water partition coefficient (Wildman–Crippen LogP) is 1.39. The zero-order chi connectivity index (χ0) is 20.3. The molecule has 0 radical (unpaired) electrons. The molecule has 4 rings (SSSR count). The van der Waals surface area contributed by atoms with E-state index in [-0.39, 0.29) is 29.3 Å². The van der Waals surface area contributed by atoms with Gasteiger partial charge in [-0.2, -0.15) is 0 Å². The topological polar surface area (TPSA) is 105 Å². The van der Waals surface area contributed by atoms with Crippen LogP contribution < -0.4 is 0 Å². The van der Waals surface area contributed by atoms with Crippen molar-refractivity contribution in [2.24, 2.45) is 28.6 Å². The number of ether oxygens (including phenoxy) is 4. The van der Waals surface area contributed by atoms with E-state index in [1.165, 1.54) is 0 Å². The lowest BCUT2D eigenvalue weighted by Gasteiger charge is -2.48. The Hall–Kier alpha value is -2.12. The molecule has 0 amide bonds. The van der Waals surface area contributed by atoms with Crippen molar-refractivity contribution in [3.8, 4) is 0 Å². The van der Waals surface area contributed by atoms with E-state index in [0.29, 0.717) is 12.3 Å². The molecule has 6 unspecified atom stereocenters. The number of carbonyl (C=O) groups excluding carboxylic acids is 4. The van der Waals surface area contributed by atoms with Gasteiger partial charge in [0.25, 0.3) is 0 Å². The summed E-state index contributed by atoms with van der Waals surface area (Å²) < 4.78 is 20.8. The van der Waals surface area contributed by atoms with Crippen molar-refractivity contribution < 1.29 is 38.1 Å². The first-order chi connectivity index (χ1) is 13.2. The van der Waals surface area contributed by atoms with Crippen LogP contribution in [0.15, 0.2) is 0 Å². The van der Waals surface area contributed by atoms with Crippen LogP contribution in [0.5, 0.6) is 0 Å². The molecule has 2 bridgehead atoms. The van der Waals surface area contributed by atoms with E-state index in [0.717, 1.165) is 19.3 Å². The Labute approximate surface area is 163 Å². The van der Waals surface area contributed by atoms with Crippen LogP contribution in [0.3, 0.4) is 0 Å². The Kier molecular flexibility index (Phi) is 4.43. The summed E-state index contributed by atoms with van der Waals surface area (Å²) >= 11 is 0. The second-order valence-electron chi connectivity index (χ2n) is 9.08.